The molecule has 2 rings (SSSR count). The van der Waals surface area contributed by atoms with E-state index in [2.05, 4.69) is 38.0 Å². The second-order valence-corrected chi connectivity index (χ2v) is 5.43. The molecular formula is C13H19ClN2. The monoisotopic (exact) mass is 238 g/mol. The Labute approximate surface area is 103 Å². The van der Waals surface area contributed by atoms with Crippen molar-refractivity contribution in [3.8, 4) is 0 Å². The first-order valence-electron chi connectivity index (χ1n) is 5.77. The predicted molar refractivity (Wildman–Crippen MR) is 71.7 cm³/mol. The van der Waals surface area contributed by atoms with Gasteiger partial charge in [-0.15, -0.1) is 0 Å². The Morgan fingerprint density at radius 3 is 2.75 bits per heavy atom. The fraction of sp³-hybridized carbons (Fsp3) is 0.538. The van der Waals surface area contributed by atoms with Crippen molar-refractivity contribution >= 4 is 23.0 Å². The van der Waals surface area contributed by atoms with Gasteiger partial charge in [0.05, 0.1) is 11.4 Å². The third-order valence-electron chi connectivity index (χ3n) is 3.26. The highest BCUT2D eigenvalue weighted by atomic mass is 35.5. The fourth-order valence-electron chi connectivity index (χ4n) is 2.36. The molecule has 0 amide bonds. The van der Waals surface area contributed by atoms with Gasteiger partial charge >= 0.3 is 0 Å². The number of nitrogens with zero attached hydrogens (tertiary/aromatic N) is 1. The van der Waals surface area contributed by atoms with Crippen LogP contribution in [0.3, 0.4) is 0 Å². The topological polar surface area (TPSA) is 15.3 Å². The van der Waals surface area contributed by atoms with Gasteiger partial charge in [-0.25, -0.2) is 0 Å². The van der Waals surface area contributed by atoms with Gasteiger partial charge in [0.25, 0.3) is 0 Å². The van der Waals surface area contributed by atoms with Crippen LogP contribution < -0.4 is 10.2 Å². The third-order valence-corrected chi connectivity index (χ3v) is 3.48. The van der Waals surface area contributed by atoms with Crippen LogP contribution in [0, 0.1) is 12.8 Å². The number of anilines is 2. The zero-order chi connectivity index (χ0) is 11.9. The highest BCUT2D eigenvalue weighted by Crippen LogP contribution is 2.36. The van der Waals surface area contributed by atoms with Gasteiger partial charge in [0.15, 0.2) is 0 Å². The number of halogens is 1. The molecule has 0 aliphatic carbocycles. The molecule has 1 heterocycles. The quantitative estimate of drug-likeness (QED) is 0.805. The normalized spacial score (nSPS) is 19.6. The molecule has 0 saturated heterocycles. The predicted octanol–water partition coefficient (Wildman–Crippen LogP) is 3.53. The summed E-state index contributed by atoms with van der Waals surface area (Å²) in [5.41, 5.74) is 3.68. The molecule has 0 aromatic heterocycles. The minimum absolute atomic E-state index is 0.496. The Kier molecular flexibility index (Phi) is 3.02. The van der Waals surface area contributed by atoms with Crippen LogP contribution in [0.15, 0.2) is 12.1 Å². The zero-order valence-electron chi connectivity index (χ0n) is 10.3. The van der Waals surface area contributed by atoms with Crippen molar-refractivity contribution in [3.63, 3.8) is 0 Å². The number of fused-ring (bicyclic) bond motifs is 1. The van der Waals surface area contributed by atoms with E-state index in [1.165, 1.54) is 11.3 Å². The van der Waals surface area contributed by atoms with E-state index in [0.717, 1.165) is 17.3 Å². The Balaban J connectivity index is 2.42. The van der Waals surface area contributed by atoms with Gasteiger partial charge in [0, 0.05) is 24.7 Å². The fourth-order valence-corrected chi connectivity index (χ4v) is 2.63. The van der Waals surface area contributed by atoms with E-state index in [9.17, 15) is 0 Å². The van der Waals surface area contributed by atoms with Crippen LogP contribution in [0.5, 0.6) is 0 Å². The Bertz CT molecular complexity index is 401. The van der Waals surface area contributed by atoms with Crippen molar-refractivity contribution in [1.29, 1.82) is 0 Å². The summed E-state index contributed by atoms with van der Waals surface area (Å²) in [5, 5.41) is 4.39. The van der Waals surface area contributed by atoms with E-state index >= 15 is 0 Å². The molecule has 1 aromatic rings. The second-order valence-electron chi connectivity index (χ2n) is 4.99. The maximum Gasteiger partial charge on any atom is 0.0630 e. The van der Waals surface area contributed by atoms with Crippen LogP contribution in [0.2, 0.25) is 5.02 Å². The van der Waals surface area contributed by atoms with Gasteiger partial charge in [0.2, 0.25) is 0 Å². The van der Waals surface area contributed by atoms with Gasteiger partial charge in [-0.1, -0.05) is 25.4 Å². The van der Waals surface area contributed by atoms with Crippen LogP contribution in [0.25, 0.3) is 0 Å². The van der Waals surface area contributed by atoms with E-state index < -0.39 is 0 Å². The second kappa shape index (κ2) is 4.17. The van der Waals surface area contributed by atoms with Crippen LogP contribution in [-0.4, -0.2) is 19.6 Å². The van der Waals surface area contributed by atoms with Crippen LogP contribution >= 0.6 is 11.6 Å². The maximum absolute atomic E-state index is 6.10. The van der Waals surface area contributed by atoms with Gasteiger partial charge in [0.1, 0.15) is 0 Å². The number of rotatable bonds is 1. The first kappa shape index (κ1) is 11.6. The minimum atomic E-state index is 0.496. The van der Waals surface area contributed by atoms with E-state index in [1.807, 2.05) is 12.1 Å². The molecule has 1 unspecified atom stereocenters. The van der Waals surface area contributed by atoms with Crippen molar-refractivity contribution in [2.45, 2.75) is 26.8 Å². The highest BCUT2D eigenvalue weighted by molar-refractivity contribution is 6.31. The number of nitrogens with one attached hydrogen (secondary N) is 1. The lowest BCUT2D eigenvalue weighted by molar-refractivity contribution is 0.514. The van der Waals surface area contributed by atoms with Crippen LogP contribution in [0.1, 0.15) is 19.4 Å². The van der Waals surface area contributed by atoms with E-state index in [4.69, 9.17) is 11.6 Å². The summed E-state index contributed by atoms with van der Waals surface area (Å²) in [6.45, 7) is 7.65. The Hall–Kier alpha value is -0.890. The lowest BCUT2D eigenvalue weighted by Gasteiger charge is -2.38. The van der Waals surface area contributed by atoms with Crippen molar-refractivity contribution in [2.24, 2.45) is 5.92 Å². The average molecular weight is 239 g/mol. The lowest BCUT2D eigenvalue weighted by Crippen LogP contribution is -2.42. The van der Waals surface area contributed by atoms with Gasteiger partial charge in [-0.3, -0.25) is 0 Å². The van der Waals surface area contributed by atoms with Gasteiger partial charge in [-0.05, 0) is 30.5 Å². The molecule has 0 bridgehead atoms. The van der Waals surface area contributed by atoms with Crippen molar-refractivity contribution in [3.05, 3.63) is 22.7 Å². The summed E-state index contributed by atoms with van der Waals surface area (Å²) in [7, 11) is 2.15. The van der Waals surface area contributed by atoms with E-state index in [-0.39, 0.29) is 0 Å². The van der Waals surface area contributed by atoms with E-state index in [0.29, 0.717) is 12.0 Å². The summed E-state index contributed by atoms with van der Waals surface area (Å²) in [4.78, 5) is 2.32. The molecule has 1 aliphatic rings. The molecular weight excluding hydrogens is 220 g/mol. The molecule has 88 valence electrons. The molecule has 0 saturated carbocycles. The van der Waals surface area contributed by atoms with Crippen molar-refractivity contribution in [1.82, 2.24) is 0 Å². The number of likely N-dealkylation sites (N-methyl/N-ethyl adjacent to an activating group) is 1. The molecule has 1 atom stereocenters. The molecule has 0 fully saturated rings. The summed E-state index contributed by atoms with van der Waals surface area (Å²) < 4.78 is 0. The van der Waals surface area contributed by atoms with Gasteiger partial charge in [-0.2, -0.15) is 0 Å². The Morgan fingerprint density at radius 1 is 1.44 bits per heavy atom. The lowest BCUT2D eigenvalue weighted by atomic mass is 9.99. The average Bonchev–Trinajstić information content (AvgIpc) is 2.15. The standard InChI is InChI=1S/C13H19ClN2/c1-8(2)12-7-16(4)13-9(3)5-10(14)6-11(13)15-12/h5-6,8,12,15H,7H2,1-4H3. The highest BCUT2D eigenvalue weighted by Gasteiger charge is 2.25. The number of aryl methyl sites for hydroxylation is 1. The smallest absolute Gasteiger partial charge is 0.0630 e. The van der Waals surface area contributed by atoms with Crippen LogP contribution in [0.4, 0.5) is 11.4 Å². The number of benzene rings is 1. The molecule has 1 N–H and O–H groups in total. The van der Waals surface area contributed by atoms with Gasteiger partial charge < -0.3 is 10.2 Å². The first-order valence-corrected chi connectivity index (χ1v) is 6.14. The zero-order valence-corrected chi connectivity index (χ0v) is 11.1. The summed E-state index contributed by atoms with van der Waals surface area (Å²) in [6.07, 6.45) is 0. The summed E-state index contributed by atoms with van der Waals surface area (Å²) in [5.74, 6) is 0.620. The number of hydrogen-bond donors (Lipinski definition) is 1. The molecule has 3 heteroatoms. The summed E-state index contributed by atoms with van der Waals surface area (Å²) in [6, 6.07) is 4.54. The molecule has 2 nitrogen and oxygen atoms in total. The molecule has 0 spiro atoms. The third kappa shape index (κ3) is 1.99. The molecule has 1 aromatic carbocycles. The number of hydrogen-bond acceptors (Lipinski definition) is 2. The maximum atomic E-state index is 6.10. The van der Waals surface area contributed by atoms with Crippen molar-refractivity contribution in [2.75, 3.05) is 23.8 Å². The molecule has 16 heavy (non-hydrogen) atoms. The molecule has 0 radical (unpaired) electrons. The summed E-state index contributed by atoms with van der Waals surface area (Å²) >= 11 is 6.10. The van der Waals surface area contributed by atoms with Crippen molar-refractivity contribution < 1.29 is 0 Å². The molecule has 1 aliphatic heterocycles. The first-order chi connectivity index (χ1) is 7.49. The Morgan fingerprint density at radius 2 is 2.12 bits per heavy atom. The minimum Gasteiger partial charge on any atom is -0.379 e. The SMILES string of the molecule is Cc1cc(Cl)cc2c1N(C)CC(C(C)C)N2. The van der Waals surface area contributed by atoms with Crippen LogP contribution in [-0.2, 0) is 0 Å². The largest absolute Gasteiger partial charge is 0.379 e. The van der Waals surface area contributed by atoms with E-state index in [1.54, 1.807) is 0 Å².